The average molecular weight is 441 g/mol. The molecule has 3 atom stereocenters. The molecule has 2 N–H and O–H groups in total. The van der Waals surface area contributed by atoms with Crippen molar-refractivity contribution in [3.8, 4) is 5.88 Å². The van der Waals surface area contributed by atoms with Crippen LogP contribution < -0.4 is 10.5 Å². The van der Waals surface area contributed by atoms with Gasteiger partial charge in [0, 0.05) is 13.3 Å². The van der Waals surface area contributed by atoms with Gasteiger partial charge in [0.05, 0.1) is 32.2 Å². The van der Waals surface area contributed by atoms with E-state index in [-0.39, 0.29) is 18.2 Å². The zero-order valence-corrected chi connectivity index (χ0v) is 18.1. The molecule has 1 aliphatic heterocycles. The maximum Gasteiger partial charge on any atom is 0.338 e. The van der Waals surface area contributed by atoms with Crippen LogP contribution in [0.25, 0.3) is 11.2 Å². The summed E-state index contributed by atoms with van der Waals surface area (Å²) in [5, 5.41) is 0. The number of carbonyl (C=O) groups excluding carboxylic acids is 2. The summed E-state index contributed by atoms with van der Waals surface area (Å²) < 4.78 is 23.9. The van der Waals surface area contributed by atoms with E-state index < -0.39 is 29.9 Å². The highest BCUT2D eigenvalue weighted by Gasteiger charge is 2.51. The lowest BCUT2D eigenvalue weighted by atomic mass is 9.93. The van der Waals surface area contributed by atoms with E-state index in [1.807, 2.05) is 0 Å². The molecule has 1 unspecified atom stereocenters. The van der Waals surface area contributed by atoms with Gasteiger partial charge in [0.1, 0.15) is 0 Å². The van der Waals surface area contributed by atoms with Crippen LogP contribution in [0.15, 0.2) is 30.6 Å². The number of esters is 2. The van der Waals surface area contributed by atoms with Crippen molar-refractivity contribution in [3.05, 3.63) is 41.7 Å². The minimum absolute atomic E-state index is 0.00382. The number of rotatable bonds is 5. The average Bonchev–Trinajstić information content (AvgIpc) is 3.32. The van der Waals surface area contributed by atoms with E-state index in [2.05, 4.69) is 15.0 Å². The Morgan fingerprint density at radius 1 is 1.25 bits per heavy atom. The Bertz CT molecular complexity index is 1190. The maximum atomic E-state index is 12.3. The van der Waals surface area contributed by atoms with Gasteiger partial charge in [0.15, 0.2) is 23.0 Å². The number of hydrogen-bond acceptors (Lipinski definition) is 10. The summed E-state index contributed by atoms with van der Waals surface area (Å²) in [6.45, 7) is 3.08. The fraction of sp³-hybridized carbons (Fsp3) is 0.381. The summed E-state index contributed by atoms with van der Waals surface area (Å²) in [7, 11) is 2.77. The topological polar surface area (TPSA) is 141 Å². The first-order valence-corrected chi connectivity index (χ1v) is 9.83. The summed E-state index contributed by atoms with van der Waals surface area (Å²) in [6, 6.07) is 6.98. The monoisotopic (exact) mass is 441 g/mol. The fourth-order valence-corrected chi connectivity index (χ4v) is 4.07. The summed E-state index contributed by atoms with van der Waals surface area (Å²) in [5.74, 6) is -0.749. The smallest absolute Gasteiger partial charge is 0.338 e. The molecule has 4 rings (SSSR count). The molecule has 3 aromatic rings. The Hall–Kier alpha value is -3.73. The highest BCUT2D eigenvalue weighted by Crippen LogP contribution is 2.49. The van der Waals surface area contributed by atoms with Gasteiger partial charge in [-0.3, -0.25) is 9.36 Å². The largest absolute Gasteiger partial charge is 0.479 e. The minimum Gasteiger partial charge on any atom is -0.479 e. The predicted molar refractivity (Wildman–Crippen MR) is 112 cm³/mol. The Morgan fingerprint density at radius 2 is 2.00 bits per heavy atom. The standard InChI is InChI=1S/C21H23N5O6/c1-11(27)32-21(2)9-14(12-7-5-6-8-13(12)18(28)30-4)31-19(21)26-10-23-15-16(26)24-20(22)25-17(15)29-3/h5-8,10,14,19H,9H2,1-4H3,(H2,22,24,25)/t14-,19?,21+/m0/s1. The number of imidazole rings is 1. The molecular weight excluding hydrogens is 418 g/mol. The molecule has 1 fully saturated rings. The number of ether oxygens (including phenoxy) is 4. The second kappa shape index (κ2) is 8.08. The van der Waals surface area contributed by atoms with Gasteiger partial charge in [-0.05, 0) is 18.6 Å². The zero-order valence-electron chi connectivity index (χ0n) is 18.1. The van der Waals surface area contributed by atoms with Crippen LogP contribution in [0.5, 0.6) is 5.88 Å². The lowest BCUT2D eigenvalue weighted by Gasteiger charge is -2.29. The van der Waals surface area contributed by atoms with Crippen LogP contribution in [0.2, 0.25) is 0 Å². The van der Waals surface area contributed by atoms with E-state index >= 15 is 0 Å². The van der Waals surface area contributed by atoms with Crippen molar-refractivity contribution in [3.63, 3.8) is 0 Å². The van der Waals surface area contributed by atoms with Gasteiger partial charge in [-0.15, -0.1) is 0 Å². The van der Waals surface area contributed by atoms with E-state index in [1.54, 1.807) is 35.8 Å². The highest BCUT2D eigenvalue weighted by molar-refractivity contribution is 5.91. The molecule has 11 heteroatoms. The molecule has 0 aliphatic carbocycles. The predicted octanol–water partition coefficient (Wildman–Crippen LogP) is 2.19. The number of methoxy groups -OCH3 is 2. The van der Waals surface area contributed by atoms with Crippen molar-refractivity contribution < 1.29 is 28.5 Å². The Kier molecular flexibility index (Phi) is 5.43. The third-order valence-corrected chi connectivity index (χ3v) is 5.35. The lowest BCUT2D eigenvalue weighted by molar-refractivity contribution is -0.167. The van der Waals surface area contributed by atoms with Gasteiger partial charge in [-0.25, -0.2) is 9.78 Å². The van der Waals surface area contributed by atoms with Gasteiger partial charge < -0.3 is 24.7 Å². The second-order valence-electron chi connectivity index (χ2n) is 7.58. The molecule has 1 saturated heterocycles. The van der Waals surface area contributed by atoms with E-state index in [0.29, 0.717) is 22.3 Å². The molecule has 168 valence electrons. The molecule has 32 heavy (non-hydrogen) atoms. The van der Waals surface area contributed by atoms with E-state index in [9.17, 15) is 9.59 Å². The SMILES string of the molecule is COC(=O)c1ccccc1[C@@H]1C[C@@](C)(OC(C)=O)C(n2cnc3c(OC)nc(N)nc32)O1. The number of nitrogens with zero attached hydrogens (tertiary/aromatic N) is 4. The number of hydrogen-bond donors (Lipinski definition) is 1. The van der Waals surface area contributed by atoms with Crippen molar-refractivity contribution in [2.75, 3.05) is 20.0 Å². The molecule has 1 aromatic carbocycles. The molecule has 11 nitrogen and oxygen atoms in total. The van der Waals surface area contributed by atoms with Crippen LogP contribution in [-0.2, 0) is 19.0 Å². The van der Waals surface area contributed by atoms with Gasteiger partial charge in [0.25, 0.3) is 0 Å². The number of nitrogens with two attached hydrogens (primary N) is 1. The minimum atomic E-state index is -1.10. The van der Waals surface area contributed by atoms with Gasteiger partial charge in [-0.2, -0.15) is 9.97 Å². The summed E-state index contributed by atoms with van der Waals surface area (Å²) in [5.41, 5.74) is 6.48. The number of carbonyl (C=O) groups is 2. The Balaban J connectivity index is 1.82. The molecular formula is C21H23N5O6. The highest BCUT2D eigenvalue weighted by atomic mass is 16.6. The molecule has 0 saturated carbocycles. The number of benzene rings is 1. The van der Waals surface area contributed by atoms with Crippen molar-refractivity contribution in [2.45, 2.75) is 38.2 Å². The van der Waals surface area contributed by atoms with Crippen LogP contribution in [0, 0.1) is 0 Å². The van der Waals surface area contributed by atoms with Gasteiger partial charge >= 0.3 is 11.9 Å². The van der Waals surface area contributed by atoms with E-state index in [4.69, 9.17) is 24.7 Å². The van der Waals surface area contributed by atoms with E-state index in [1.165, 1.54) is 27.5 Å². The second-order valence-corrected chi connectivity index (χ2v) is 7.58. The molecule has 1 aliphatic rings. The van der Waals surface area contributed by atoms with Crippen molar-refractivity contribution in [2.24, 2.45) is 0 Å². The number of aromatic nitrogens is 4. The van der Waals surface area contributed by atoms with Crippen LogP contribution in [0.4, 0.5) is 5.95 Å². The number of anilines is 1. The zero-order chi connectivity index (χ0) is 23.0. The van der Waals surface area contributed by atoms with E-state index in [0.717, 1.165) is 0 Å². The number of nitrogen functional groups attached to an aromatic ring is 1. The first-order valence-electron chi connectivity index (χ1n) is 9.83. The molecule has 2 aromatic heterocycles. The summed E-state index contributed by atoms with van der Waals surface area (Å²) in [6.07, 6.45) is 0.398. The fourth-order valence-electron chi connectivity index (χ4n) is 4.07. The van der Waals surface area contributed by atoms with Crippen LogP contribution in [0.3, 0.4) is 0 Å². The normalized spacial score (nSPS) is 22.6. The summed E-state index contributed by atoms with van der Waals surface area (Å²) in [4.78, 5) is 36.9. The quantitative estimate of drug-likeness (QED) is 0.586. The third kappa shape index (κ3) is 3.60. The summed E-state index contributed by atoms with van der Waals surface area (Å²) >= 11 is 0. The molecule has 0 amide bonds. The molecule has 0 bridgehead atoms. The molecule has 3 heterocycles. The molecule has 0 radical (unpaired) electrons. The lowest BCUT2D eigenvalue weighted by Crippen LogP contribution is -2.37. The van der Waals surface area contributed by atoms with Crippen molar-refractivity contribution in [1.82, 2.24) is 19.5 Å². The number of fused-ring (bicyclic) bond motifs is 1. The van der Waals surface area contributed by atoms with Gasteiger partial charge in [-0.1, -0.05) is 18.2 Å². The van der Waals surface area contributed by atoms with Crippen molar-refractivity contribution in [1.29, 1.82) is 0 Å². The molecule has 0 spiro atoms. The van der Waals surface area contributed by atoms with Crippen LogP contribution >= 0.6 is 0 Å². The first kappa shape index (κ1) is 21.5. The third-order valence-electron chi connectivity index (χ3n) is 5.35. The van der Waals surface area contributed by atoms with Crippen LogP contribution in [-0.4, -0.2) is 51.3 Å². The maximum absolute atomic E-state index is 12.3. The Labute approximate surface area is 183 Å². The van der Waals surface area contributed by atoms with Crippen LogP contribution in [0.1, 0.15) is 48.5 Å². The Morgan fingerprint density at radius 3 is 2.69 bits per heavy atom. The van der Waals surface area contributed by atoms with Gasteiger partial charge in [0.2, 0.25) is 11.8 Å². The van der Waals surface area contributed by atoms with Crippen molar-refractivity contribution >= 4 is 29.1 Å². The first-order chi connectivity index (χ1) is 15.3.